The minimum atomic E-state index is 0. The first-order valence-electron chi connectivity index (χ1n) is 0. The molecule has 0 fully saturated rings. The molecule has 4 nitrogen and oxygen atoms in total. The molecule has 0 aromatic carbocycles. The van der Waals surface area contributed by atoms with E-state index in [4.69, 9.17) is 0 Å². The van der Waals surface area contributed by atoms with Gasteiger partial charge in [0.15, 0.2) is 0 Å². The molecule has 0 aromatic heterocycles. The normalized spacial score (nSPS) is 0. The molecule has 0 amide bonds. The standard InChI is InChI=1S/Cr.Na.4H2O/h;;4*1H2. The van der Waals surface area contributed by atoms with Gasteiger partial charge in [0.25, 0.3) is 0 Å². The van der Waals surface area contributed by atoms with Crippen LogP contribution in [-0.4, -0.2) is 51.5 Å². The van der Waals surface area contributed by atoms with Crippen molar-refractivity contribution in [3.8, 4) is 0 Å². The Labute approximate surface area is 68.6 Å². The maximum atomic E-state index is 0. The van der Waals surface area contributed by atoms with Gasteiger partial charge in [0.1, 0.15) is 0 Å². The van der Waals surface area contributed by atoms with Gasteiger partial charge in [-0.3, -0.25) is 0 Å². The SMILES string of the molecule is O.O.O.O.[Cr].[Na]. The molecule has 0 atom stereocenters. The van der Waals surface area contributed by atoms with Gasteiger partial charge in [0, 0.05) is 46.9 Å². The van der Waals surface area contributed by atoms with Crippen LogP contribution in [-0.2, 0) is 17.4 Å². The van der Waals surface area contributed by atoms with Crippen molar-refractivity contribution in [2.45, 2.75) is 0 Å². The fourth-order valence-corrected chi connectivity index (χ4v) is 0. The molecule has 1 radical (unpaired) electrons. The Morgan fingerprint density at radius 2 is 0.500 bits per heavy atom. The molecule has 0 aliphatic heterocycles. The van der Waals surface area contributed by atoms with Gasteiger partial charge in [-0.2, -0.15) is 0 Å². The first kappa shape index (κ1) is 159. The van der Waals surface area contributed by atoms with Crippen molar-refractivity contribution in [3.63, 3.8) is 0 Å². The average Bonchev–Trinajstić information content (AvgIpc) is 0. The van der Waals surface area contributed by atoms with Gasteiger partial charge in [0.2, 0.25) is 0 Å². The van der Waals surface area contributed by atoms with Crippen LogP contribution in [0.5, 0.6) is 0 Å². The molecule has 0 rings (SSSR count). The van der Waals surface area contributed by atoms with Crippen molar-refractivity contribution in [2.75, 3.05) is 0 Å². The largest absolute Gasteiger partial charge is 0.412 e. The summed E-state index contributed by atoms with van der Waals surface area (Å²) in [7, 11) is 0. The topological polar surface area (TPSA) is 126 Å². The molecule has 39 valence electrons. The van der Waals surface area contributed by atoms with Gasteiger partial charge in [-0.1, -0.05) is 0 Å². The summed E-state index contributed by atoms with van der Waals surface area (Å²) < 4.78 is 0. The molecular weight excluding hydrogens is 139 g/mol. The molecule has 6 heavy (non-hydrogen) atoms. The summed E-state index contributed by atoms with van der Waals surface area (Å²) in [5.41, 5.74) is 0. The first-order chi connectivity index (χ1) is 0. The van der Waals surface area contributed by atoms with Crippen molar-refractivity contribution in [3.05, 3.63) is 0 Å². The maximum Gasteiger partial charge on any atom is 0 e. The second kappa shape index (κ2) is 97.6. The zero-order valence-electron chi connectivity index (χ0n) is 3.41. The van der Waals surface area contributed by atoms with E-state index in [1.54, 1.807) is 0 Å². The van der Waals surface area contributed by atoms with E-state index in [1.807, 2.05) is 0 Å². The third kappa shape index (κ3) is 54.5. The quantitative estimate of drug-likeness (QED) is 0.313. The predicted octanol–water partition coefficient (Wildman–Crippen LogP) is -3.68. The number of hydrogen-bond acceptors (Lipinski definition) is 0. The van der Waals surface area contributed by atoms with E-state index in [1.165, 1.54) is 0 Å². The second-order valence-electron chi connectivity index (χ2n) is 0. The van der Waals surface area contributed by atoms with Gasteiger partial charge >= 0.3 is 0 Å². The minimum absolute atomic E-state index is 0. The Kier molecular flexibility index (Phi) is 2590. The van der Waals surface area contributed by atoms with Gasteiger partial charge in [-0.25, -0.2) is 0 Å². The van der Waals surface area contributed by atoms with Crippen molar-refractivity contribution < 1.29 is 39.3 Å². The van der Waals surface area contributed by atoms with Crippen LogP contribution in [0.25, 0.3) is 0 Å². The fourth-order valence-electron chi connectivity index (χ4n) is 0. The molecule has 0 aromatic rings. The monoisotopic (exact) mass is 147 g/mol. The molecule has 6 heteroatoms. The Morgan fingerprint density at radius 1 is 0.500 bits per heavy atom. The second-order valence-corrected chi connectivity index (χ2v) is 0. The van der Waals surface area contributed by atoms with E-state index in [-0.39, 0.29) is 68.8 Å². The fraction of sp³-hybridized carbons (Fsp3) is 0. The van der Waals surface area contributed by atoms with Gasteiger partial charge in [-0.15, -0.1) is 0 Å². The predicted molar refractivity (Wildman–Crippen MR) is 20.2 cm³/mol. The maximum absolute atomic E-state index is 0. The average molecular weight is 147 g/mol. The van der Waals surface area contributed by atoms with Crippen LogP contribution in [0.4, 0.5) is 0 Å². The first-order valence-corrected chi connectivity index (χ1v) is 0. The van der Waals surface area contributed by atoms with Crippen LogP contribution in [0.1, 0.15) is 0 Å². The third-order valence-electron chi connectivity index (χ3n) is 0. The minimum Gasteiger partial charge on any atom is -0.412 e. The van der Waals surface area contributed by atoms with E-state index in [9.17, 15) is 0 Å². The van der Waals surface area contributed by atoms with Crippen LogP contribution in [0.15, 0.2) is 0 Å². The van der Waals surface area contributed by atoms with E-state index < -0.39 is 0 Å². The third-order valence-corrected chi connectivity index (χ3v) is 0. The van der Waals surface area contributed by atoms with Gasteiger partial charge in [-0.05, 0) is 0 Å². The number of rotatable bonds is 0. The zero-order valence-corrected chi connectivity index (χ0v) is 6.68. The smallest absolute Gasteiger partial charge is 0 e. The van der Waals surface area contributed by atoms with E-state index in [2.05, 4.69) is 0 Å². The van der Waals surface area contributed by atoms with E-state index >= 15 is 0 Å². The van der Waals surface area contributed by atoms with Crippen LogP contribution < -0.4 is 0 Å². The zero-order chi connectivity index (χ0) is 0. The molecule has 8 N–H and O–H groups in total. The number of hydrogen-bond donors (Lipinski definition) is 0. The van der Waals surface area contributed by atoms with Crippen molar-refractivity contribution in [2.24, 2.45) is 0 Å². The van der Waals surface area contributed by atoms with E-state index in [0.29, 0.717) is 0 Å². The molecule has 0 aliphatic carbocycles. The van der Waals surface area contributed by atoms with Crippen LogP contribution in [0, 0.1) is 0 Å². The van der Waals surface area contributed by atoms with Crippen LogP contribution in [0.3, 0.4) is 0 Å². The Bertz CT molecular complexity index is 7.51. The molecule has 0 saturated heterocycles. The van der Waals surface area contributed by atoms with Crippen molar-refractivity contribution >= 4 is 29.6 Å². The van der Waals surface area contributed by atoms with Crippen LogP contribution >= 0.6 is 0 Å². The Hall–Kier alpha value is 1.37. The summed E-state index contributed by atoms with van der Waals surface area (Å²) in [4.78, 5) is 0. The Balaban J connectivity index is 0. The molecular formula is H8CrNaO4. The molecule has 0 unspecified atom stereocenters. The molecule has 0 heterocycles. The Morgan fingerprint density at radius 3 is 0.500 bits per heavy atom. The summed E-state index contributed by atoms with van der Waals surface area (Å²) >= 11 is 0. The summed E-state index contributed by atoms with van der Waals surface area (Å²) in [5.74, 6) is 0. The van der Waals surface area contributed by atoms with Gasteiger partial charge < -0.3 is 21.9 Å². The molecule has 0 aliphatic rings. The summed E-state index contributed by atoms with van der Waals surface area (Å²) in [6.07, 6.45) is 0. The van der Waals surface area contributed by atoms with Crippen molar-refractivity contribution in [1.82, 2.24) is 0 Å². The van der Waals surface area contributed by atoms with Crippen LogP contribution in [0.2, 0.25) is 0 Å². The van der Waals surface area contributed by atoms with Crippen molar-refractivity contribution in [1.29, 1.82) is 0 Å². The molecule has 0 bridgehead atoms. The molecule has 0 saturated carbocycles. The summed E-state index contributed by atoms with van der Waals surface area (Å²) in [6.45, 7) is 0. The summed E-state index contributed by atoms with van der Waals surface area (Å²) in [6, 6.07) is 0. The summed E-state index contributed by atoms with van der Waals surface area (Å²) in [5, 5.41) is 0. The van der Waals surface area contributed by atoms with E-state index in [0.717, 1.165) is 0 Å². The van der Waals surface area contributed by atoms with Gasteiger partial charge in [0.05, 0.1) is 0 Å². The molecule has 0 spiro atoms.